The van der Waals surface area contributed by atoms with Gasteiger partial charge in [-0.3, -0.25) is 0 Å². The number of esters is 1. The number of hydrogen-bond acceptors (Lipinski definition) is 6. The Bertz CT molecular complexity index is 827. The molecule has 0 bridgehead atoms. The number of halogens is 1. The van der Waals surface area contributed by atoms with E-state index in [1.54, 1.807) is 0 Å². The van der Waals surface area contributed by atoms with Gasteiger partial charge in [0.05, 0.1) is 6.61 Å². The highest BCUT2D eigenvalue weighted by Gasteiger charge is 2.21. The van der Waals surface area contributed by atoms with Gasteiger partial charge < -0.3 is 24.6 Å². The lowest BCUT2D eigenvalue weighted by Crippen LogP contribution is -2.24. The Balaban J connectivity index is 1.74. The fraction of sp³-hybridized carbons (Fsp3) is 0.391. The fourth-order valence-corrected chi connectivity index (χ4v) is 2.82. The van der Waals surface area contributed by atoms with E-state index >= 15 is 0 Å². The monoisotopic (exact) mass is 433 g/mol. The maximum atomic E-state index is 13.1. The van der Waals surface area contributed by atoms with Crippen LogP contribution in [0.15, 0.2) is 48.5 Å². The predicted molar refractivity (Wildman–Crippen MR) is 113 cm³/mol. The molecule has 0 aliphatic rings. The molecule has 0 fully saturated rings. The summed E-state index contributed by atoms with van der Waals surface area (Å²) in [6.07, 6.45) is 1.17. The average Bonchev–Trinajstić information content (AvgIpc) is 2.77. The quantitative estimate of drug-likeness (QED) is 0.282. The second-order valence-corrected chi connectivity index (χ2v) is 6.79. The summed E-state index contributed by atoms with van der Waals surface area (Å²) in [7, 11) is 0. The van der Waals surface area contributed by atoms with Gasteiger partial charge in [0.15, 0.2) is 11.5 Å². The Kier molecular flexibility index (Phi) is 10.3. The van der Waals surface area contributed by atoms with Crippen molar-refractivity contribution in [2.24, 2.45) is 0 Å². The summed E-state index contributed by atoms with van der Waals surface area (Å²) in [5.74, 6) is -2.01. The van der Waals surface area contributed by atoms with Crippen molar-refractivity contribution in [2.75, 3.05) is 26.3 Å². The lowest BCUT2D eigenvalue weighted by molar-refractivity contribution is -0.168. The van der Waals surface area contributed by atoms with E-state index in [-0.39, 0.29) is 0 Å². The Labute approximate surface area is 181 Å². The van der Waals surface area contributed by atoms with Gasteiger partial charge in [-0.2, -0.15) is 0 Å². The first-order chi connectivity index (χ1) is 15.0. The molecule has 1 unspecified atom stereocenters. The molecule has 0 radical (unpaired) electrons. The van der Waals surface area contributed by atoms with E-state index < -0.39 is 23.9 Å². The molecule has 31 heavy (non-hydrogen) atoms. The van der Waals surface area contributed by atoms with Crippen LogP contribution in [0.4, 0.5) is 4.39 Å². The van der Waals surface area contributed by atoms with Crippen LogP contribution in [0.2, 0.25) is 0 Å². The van der Waals surface area contributed by atoms with Gasteiger partial charge in [0.1, 0.15) is 18.5 Å². The van der Waals surface area contributed by atoms with Crippen LogP contribution in [0, 0.1) is 5.82 Å². The molecule has 0 spiro atoms. The van der Waals surface area contributed by atoms with Crippen molar-refractivity contribution in [1.29, 1.82) is 0 Å². The minimum absolute atomic E-state index is 0.395. The number of carbonyl (C=O) groups excluding carboxylic acids is 1. The summed E-state index contributed by atoms with van der Waals surface area (Å²) in [6.45, 7) is 4.32. The van der Waals surface area contributed by atoms with Crippen molar-refractivity contribution in [1.82, 2.24) is 5.32 Å². The standard InChI is InChI=1S/C23H28FNO6/c1-2-15-29-20-6-3-4-7-21(20)30-16-14-25-13-5-8-19(31-23(28)22(26)27)17-9-11-18(24)12-10-17/h3-4,6-7,9-12,19,25H,2,5,8,13-16H2,1H3,(H,26,27). The van der Waals surface area contributed by atoms with Crippen molar-refractivity contribution in [2.45, 2.75) is 32.3 Å². The summed E-state index contributed by atoms with van der Waals surface area (Å²) in [4.78, 5) is 22.3. The Hall–Kier alpha value is -3.13. The number of carbonyl (C=O) groups is 2. The third-order valence-corrected chi connectivity index (χ3v) is 4.33. The maximum Gasteiger partial charge on any atom is 0.417 e. The van der Waals surface area contributed by atoms with Crippen LogP contribution in [0.1, 0.15) is 37.9 Å². The van der Waals surface area contributed by atoms with Gasteiger partial charge in [-0.15, -0.1) is 0 Å². The molecule has 168 valence electrons. The molecular weight excluding hydrogens is 405 g/mol. The van der Waals surface area contributed by atoms with E-state index in [9.17, 15) is 14.0 Å². The topological polar surface area (TPSA) is 94.1 Å². The van der Waals surface area contributed by atoms with Gasteiger partial charge in [-0.1, -0.05) is 31.2 Å². The third kappa shape index (κ3) is 8.64. The zero-order chi connectivity index (χ0) is 22.5. The summed E-state index contributed by atoms with van der Waals surface area (Å²) in [5.41, 5.74) is 0.544. The van der Waals surface area contributed by atoms with Gasteiger partial charge in [0.25, 0.3) is 0 Å². The number of nitrogens with one attached hydrogen (secondary N) is 1. The summed E-state index contributed by atoms with van der Waals surface area (Å²) in [5, 5.41) is 12.0. The van der Waals surface area contributed by atoms with Crippen LogP contribution in [-0.2, 0) is 14.3 Å². The van der Waals surface area contributed by atoms with Crippen molar-refractivity contribution in [3.8, 4) is 11.5 Å². The molecular formula is C23H28FNO6. The van der Waals surface area contributed by atoms with Crippen LogP contribution in [0.5, 0.6) is 11.5 Å². The molecule has 8 heteroatoms. The zero-order valence-electron chi connectivity index (χ0n) is 17.5. The van der Waals surface area contributed by atoms with Crippen LogP contribution in [-0.4, -0.2) is 43.3 Å². The molecule has 2 N–H and O–H groups in total. The molecule has 0 aromatic heterocycles. The smallest absolute Gasteiger partial charge is 0.417 e. The van der Waals surface area contributed by atoms with Gasteiger partial charge in [0.2, 0.25) is 0 Å². The number of hydrogen-bond donors (Lipinski definition) is 2. The van der Waals surface area contributed by atoms with Crippen molar-refractivity contribution >= 4 is 11.9 Å². The zero-order valence-corrected chi connectivity index (χ0v) is 17.5. The molecule has 0 saturated carbocycles. The summed E-state index contributed by atoms with van der Waals surface area (Å²) in [6, 6.07) is 13.0. The van der Waals surface area contributed by atoms with E-state index in [0.29, 0.717) is 56.2 Å². The molecule has 0 amide bonds. The fourth-order valence-electron chi connectivity index (χ4n) is 2.82. The first kappa shape index (κ1) is 24.1. The van der Waals surface area contributed by atoms with Gasteiger partial charge >= 0.3 is 11.9 Å². The second kappa shape index (κ2) is 13.2. The highest BCUT2D eigenvalue weighted by atomic mass is 19.1. The van der Waals surface area contributed by atoms with Crippen LogP contribution < -0.4 is 14.8 Å². The van der Waals surface area contributed by atoms with E-state index in [1.165, 1.54) is 24.3 Å². The Morgan fingerprint density at radius 2 is 1.65 bits per heavy atom. The van der Waals surface area contributed by atoms with Crippen LogP contribution in [0.25, 0.3) is 0 Å². The first-order valence-corrected chi connectivity index (χ1v) is 10.3. The predicted octanol–water partition coefficient (Wildman–Crippen LogP) is 3.73. The van der Waals surface area contributed by atoms with E-state index in [0.717, 1.165) is 6.42 Å². The molecule has 0 aliphatic carbocycles. The molecule has 2 aromatic rings. The van der Waals surface area contributed by atoms with Crippen LogP contribution in [0.3, 0.4) is 0 Å². The van der Waals surface area contributed by atoms with Crippen LogP contribution >= 0.6 is 0 Å². The minimum atomic E-state index is -1.66. The summed E-state index contributed by atoms with van der Waals surface area (Å²) >= 11 is 0. The van der Waals surface area contributed by atoms with Crippen molar-refractivity contribution in [3.05, 3.63) is 59.9 Å². The van der Waals surface area contributed by atoms with E-state index in [4.69, 9.17) is 19.3 Å². The molecule has 7 nitrogen and oxygen atoms in total. The highest BCUT2D eigenvalue weighted by molar-refractivity contribution is 6.28. The number of carboxylic acid groups (broad SMARTS) is 1. The number of ether oxygens (including phenoxy) is 3. The normalized spacial score (nSPS) is 11.5. The van der Waals surface area contributed by atoms with Crippen molar-refractivity contribution in [3.63, 3.8) is 0 Å². The molecule has 1 atom stereocenters. The SMILES string of the molecule is CCCOc1ccccc1OCCNCCCC(OC(=O)C(=O)O)c1ccc(F)cc1. The van der Waals surface area contributed by atoms with Gasteiger partial charge in [-0.25, -0.2) is 14.0 Å². The number of carboxylic acids is 1. The second-order valence-electron chi connectivity index (χ2n) is 6.79. The molecule has 2 rings (SSSR count). The van der Waals surface area contributed by atoms with Gasteiger partial charge in [0, 0.05) is 6.54 Å². The molecule has 2 aromatic carbocycles. The molecule has 0 saturated heterocycles. The summed E-state index contributed by atoms with van der Waals surface area (Å²) < 4.78 is 29.6. The number of aliphatic carboxylic acids is 1. The maximum absolute atomic E-state index is 13.1. The van der Waals surface area contributed by atoms with E-state index in [2.05, 4.69) is 5.32 Å². The largest absolute Gasteiger partial charge is 0.490 e. The molecule has 0 aliphatic heterocycles. The first-order valence-electron chi connectivity index (χ1n) is 10.3. The molecule has 0 heterocycles. The highest BCUT2D eigenvalue weighted by Crippen LogP contribution is 2.26. The average molecular weight is 433 g/mol. The third-order valence-electron chi connectivity index (χ3n) is 4.33. The Morgan fingerprint density at radius 3 is 2.26 bits per heavy atom. The van der Waals surface area contributed by atoms with E-state index in [1.807, 2.05) is 31.2 Å². The number of para-hydroxylation sites is 2. The number of benzene rings is 2. The lowest BCUT2D eigenvalue weighted by atomic mass is 10.0. The van der Waals surface area contributed by atoms with Gasteiger partial charge in [-0.05, 0) is 55.6 Å². The Morgan fingerprint density at radius 1 is 1.00 bits per heavy atom. The lowest BCUT2D eigenvalue weighted by Gasteiger charge is -2.17. The number of rotatable bonds is 13. The van der Waals surface area contributed by atoms with Crippen molar-refractivity contribution < 1.29 is 33.3 Å². The minimum Gasteiger partial charge on any atom is -0.490 e.